The maximum atomic E-state index is 10.9. The van der Waals surface area contributed by atoms with Gasteiger partial charge >= 0.3 is 0 Å². The molecule has 27 heavy (non-hydrogen) atoms. The molecule has 6 nitrogen and oxygen atoms in total. The van der Waals surface area contributed by atoms with Gasteiger partial charge in [-0.05, 0) is 23.8 Å². The van der Waals surface area contributed by atoms with E-state index in [9.17, 15) is 5.11 Å². The number of para-hydroxylation sites is 1. The molecule has 1 saturated heterocycles. The van der Waals surface area contributed by atoms with Crippen LogP contribution in [0.2, 0.25) is 0 Å². The van der Waals surface area contributed by atoms with Crippen molar-refractivity contribution in [3.05, 3.63) is 78.1 Å². The highest BCUT2D eigenvalue weighted by molar-refractivity contribution is 5.56. The number of imidazole rings is 1. The van der Waals surface area contributed by atoms with Gasteiger partial charge in [0, 0.05) is 75.8 Å². The van der Waals surface area contributed by atoms with Crippen LogP contribution in [0.4, 0.5) is 5.69 Å². The van der Waals surface area contributed by atoms with Crippen molar-refractivity contribution in [2.75, 3.05) is 31.1 Å². The van der Waals surface area contributed by atoms with E-state index in [2.05, 4.69) is 38.0 Å². The number of benzene rings is 1. The van der Waals surface area contributed by atoms with Crippen LogP contribution in [-0.4, -0.2) is 50.7 Å². The predicted octanol–water partition coefficient (Wildman–Crippen LogP) is 2.22. The molecule has 1 fully saturated rings. The Morgan fingerprint density at radius 1 is 1.00 bits per heavy atom. The molecule has 1 N–H and O–H groups in total. The van der Waals surface area contributed by atoms with Gasteiger partial charge in [0.1, 0.15) is 11.9 Å². The lowest BCUT2D eigenvalue weighted by Gasteiger charge is -2.37. The number of piperazine rings is 1. The molecule has 1 atom stereocenters. The molecule has 1 aliphatic rings. The number of aromatic nitrogens is 3. The average Bonchev–Trinajstić information content (AvgIpc) is 3.15. The van der Waals surface area contributed by atoms with Gasteiger partial charge < -0.3 is 14.6 Å². The third-order valence-electron chi connectivity index (χ3n) is 5.20. The number of anilines is 1. The number of rotatable bonds is 5. The summed E-state index contributed by atoms with van der Waals surface area (Å²) in [5.74, 6) is 0.666. The Balaban J connectivity index is 1.47. The van der Waals surface area contributed by atoms with Gasteiger partial charge in [-0.3, -0.25) is 9.88 Å². The van der Waals surface area contributed by atoms with Crippen molar-refractivity contribution in [2.24, 2.45) is 7.05 Å². The molecule has 0 saturated carbocycles. The number of aryl methyl sites for hydroxylation is 1. The van der Waals surface area contributed by atoms with Crippen LogP contribution in [0.25, 0.3) is 0 Å². The highest BCUT2D eigenvalue weighted by Gasteiger charge is 2.23. The van der Waals surface area contributed by atoms with Crippen LogP contribution in [0.1, 0.15) is 23.1 Å². The largest absolute Gasteiger partial charge is 0.380 e. The van der Waals surface area contributed by atoms with Crippen molar-refractivity contribution in [3.8, 4) is 0 Å². The van der Waals surface area contributed by atoms with Gasteiger partial charge in [-0.1, -0.05) is 18.2 Å². The first kappa shape index (κ1) is 17.7. The lowest BCUT2D eigenvalue weighted by Crippen LogP contribution is -2.46. The fraction of sp³-hybridized carbons (Fsp3) is 0.333. The van der Waals surface area contributed by atoms with E-state index in [0.717, 1.165) is 44.0 Å². The molecule has 0 spiro atoms. The summed E-state index contributed by atoms with van der Waals surface area (Å²) in [6.45, 7) is 4.82. The lowest BCUT2D eigenvalue weighted by atomic mass is 10.0. The van der Waals surface area contributed by atoms with Crippen molar-refractivity contribution in [2.45, 2.75) is 12.6 Å². The maximum absolute atomic E-state index is 10.9. The van der Waals surface area contributed by atoms with E-state index in [-0.39, 0.29) is 0 Å². The first-order valence-electron chi connectivity index (χ1n) is 9.33. The SMILES string of the molecule is Cn1ccnc1[C@H](O)c1ccccc1N1CCN(Cc2ccncc2)CC1. The van der Waals surface area contributed by atoms with E-state index in [1.54, 1.807) is 6.20 Å². The van der Waals surface area contributed by atoms with Gasteiger partial charge in [-0.25, -0.2) is 4.98 Å². The summed E-state index contributed by atoms with van der Waals surface area (Å²) >= 11 is 0. The zero-order valence-corrected chi connectivity index (χ0v) is 15.6. The van der Waals surface area contributed by atoms with Gasteiger partial charge in [-0.2, -0.15) is 0 Å². The number of pyridine rings is 1. The monoisotopic (exact) mass is 363 g/mol. The van der Waals surface area contributed by atoms with Crippen LogP contribution in [0.15, 0.2) is 61.2 Å². The minimum absolute atomic E-state index is 0.666. The molecule has 0 unspecified atom stereocenters. The highest BCUT2D eigenvalue weighted by Crippen LogP contribution is 2.30. The standard InChI is InChI=1S/C21H25N5O/c1-24-11-10-23-21(24)20(27)18-4-2-3-5-19(18)26-14-12-25(13-15-26)16-17-6-8-22-9-7-17/h2-11,20,27H,12-16H2,1H3/t20-/m1/s1. The van der Waals surface area contributed by atoms with Crippen molar-refractivity contribution in [1.82, 2.24) is 19.4 Å². The lowest BCUT2D eigenvalue weighted by molar-refractivity contribution is 0.205. The summed E-state index contributed by atoms with van der Waals surface area (Å²) in [6, 6.07) is 12.3. The Bertz CT molecular complexity index is 871. The third-order valence-corrected chi connectivity index (χ3v) is 5.20. The van der Waals surface area contributed by atoms with E-state index < -0.39 is 6.10 Å². The Morgan fingerprint density at radius 2 is 1.74 bits per heavy atom. The van der Waals surface area contributed by atoms with E-state index >= 15 is 0 Å². The van der Waals surface area contributed by atoms with Gasteiger partial charge in [0.05, 0.1) is 0 Å². The summed E-state index contributed by atoms with van der Waals surface area (Å²) in [5, 5.41) is 10.9. The quantitative estimate of drug-likeness (QED) is 0.753. The second-order valence-electron chi connectivity index (χ2n) is 6.98. The van der Waals surface area contributed by atoms with Crippen LogP contribution in [0, 0.1) is 0 Å². The minimum atomic E-state index is -0.726. The molecule has 0 bridgehead atoms. The zero-order chi connectivity index (χ0) is 18.6. The van der Waals surface area contributed by atoms with E-state index in [4.69, 9.17) is 0 Å². The van der Waals surface area contributed by atoms with Crippen LogP contribution in [-0.2, 0) is 13.6 Å². The second-order valence-corrected chi connectivity index (χ2v) is 6.98. The third kappa shape index (κ3) is 3.86. The molecule has 0 aliphatic carbocycles. The van der Waals surface area contributed by atoms with E-state index in [1.165, 1.54) is 5.56 Å². The molecule has 6 heteroatoms. The molecule has 1 aliphatic heterocycles. The molecule has 140 valence electrons. The fourth-order valence-electron chi connectivity index (χ4n) is 3.68. The summed E-state index contributed by atoms with van der Waals surface area (Å²) in [5.41, 5.74) is 3.30. The highest BCUT2D eigenvalue weighted by atomic mass is 16.3. The molecule has 1 aromatic carbocycles. The summed E-state index contributed by atoms with van der Waals surface area (Å²) in [6.07, 6.45) is 6.55. The number of hydrogen-bond donors (Lipinski definition) is 1. The topological polar surface area (TPSA) is 57.4 Å². The van der Waals surface area contributed by atoms with Crippen molar-refractivity contribution >= 4 is 5.69 Å². The normalized spacial score (nSPS) is 16.4. The van der Waals surface area contributed by atoms with E-state index in [1.807, 2.05) is 48.4 Å². The van der Waals surface area contributed by atoms with Crippen LogP contribution < -0.4 is 4.90 Å². The Morgan fingerprint density at radius 3 is 2.44 bits per heavy atom. The van der Waals surface area contributed by atoms with E-state index in [0.29, 0.717) is 5.82 Å². The molecule has 3 heterocycles. The van der Waals surface area contributed by atoms with Gasteiger partial charge in [-0.15, -0.1) is 0 Å². The first-order valence-corrected chi connectivity index (χ1v) is 9.33. The van der Waals surface area contributed by atoms with Gasteiger partial charge in [0.2, 0.25) is 0 Å². The number of aliphatic hydroxyl groups excluding tert-OH is 1. The molecule has 2 aromatic heterocycles. The molecule has 4 rings (SSSR count). The molecular formula is C21H25N5O. The predicted molar refractivity (Wildman–Crippen MR) is 105 cm³/mol. The number of hydrogen-bond acceptors (Lipinski definition) is 5. The summed E-state index contributed by atoms with van der Waals surface area (Å²) < 4.78 is 1.87. The van der Waals surface area contributed by atoms with Gasteiger partial charge in [0.15, 0.2) is 0 Å². The fourth-order valence-corrected chi connectivity index (χ4v) is 3.68. The molecule has 3 aromatic rings. The number of aliphatic hydroxyl groups is 1. The minimum Gasteiger partial charge on any atom is -0.380 e. The Kier molecular flexibility index (Phi) is 5.18. The van der Waals surface area contributed by atoms with Gasteiger partial charge in [0.25, 0.3) is 0 Å². The maximum Gasteiger partial charge on any atom is 0.142 e. The van der Waals surface area contributed by atoms with Crippen LogP contribution in [0.3, 0.4) is 0 Å². The number of nitrogens with zero attached hydrogens (tertiary/aromatic N) is 5. The molecule has 0 radical (unpaired) electrons. The van der Waals surface area contributed by atoms with Crippen LogP contribution in [0.5, 0.6) is 0 Å². The summed E-state index contributed by atoms with van der Waals surface area (Å²) in [7, 11) is 1.91. The first-order chi connectivity index (χ1) is 13.2. The Labute approximate surface area is 159 Å². The van der Waals surface area contributed by atoms with Crippen molar-refractivity contribution < 1.29 is 5.11 Å². The molecular weight excluding hydrogens is 338 g/mol. The smallest absolute Gasteiger partial charge is 0.142 e. The van der Waals surface area contributed by atoms with Crippen LogP contribution >= 0.6 is 0 Å². The average molecular weight is 363 g/mol. The molecule has 0 amide bonds. The Hall–Kier alpha value is -2.70. The van der Waals surface area contributed by atoms with Crippen molar-refractivity contribution in [1.29, 1.82) is 0 Å². The zero-order valence-electron chi connectivity index (χ0n) is 15.6. The second kappa shape index (κ2) is 7.90. The summed E-state index contributed by atoms with van der Waals surface area (Å²) in [4.78, 5) is 13.2. The van der Waals surface area contributed by atoms with Crippen molar-refractivity contribution in [3.63, 3.8) is 0 Å².